The van der Waals surface area contributed by atoms with Crippen molar-refractivity contribution in [2.45, 2.75) is 26.2 Å². The molecule has 5 nitrogen and oxygen atoms in total. The zero-order valence-electron chi connectivity index (χ0n) is 15.0. The van der Waals surface area contributed by atoms with Gasteiger partial charge in [0.05, 0.1) is 0 Å². The van der Waals surface area contributed by atoms with E-state index < -0.39 is 0 Å². The highest BCUT2D eigenvalue weighted by molar-refractivity contribution is 5.89. The molecule has 3 rings (SSSR count). The summed E-state index contributed by atoms with van der Waals surface area (Å²) in [6, 6.07) is 5.68. The third-order valence-electron chi connectivity index (χ3n) is 5.30. The second-order valence-electron chi connectivity index (χ2n) is 7.83. The highest BCUT2D eigenvalue weighted by Crippen LogP contribution is 2.28. The number of nitrogens with zero attached hydrogens (tertiary/aromatic N) is 1. The lowest BCUT2D eigenvalue weighted by molar-refractivity contribution is 0.120. The molecule has 138 valence electrons. The summed E-state index contributed by atoms with van der Waals surface area (Å²) < 4.78 is 13.2. The predicted octanol–water partition coefficient (Wildman–Crippen LogP) is 2.66. The number of urea groups is 1. The van der Waals surface area contributed by atoms with Crippen LogP contribution < -0.4 is 16.0 Å². The number of hydrogen-bond donors (Lipinski definition) is 3. The Hall–Kier alpha value is -1.66. The summed E-state index contributed by atoms with van der Waals surface area (Å²) in [5, 5.41) is 9.08. The lowest BCUT2D eigenvalue weighted by Gasteiger charge is -2.37. The maximum atomic E-state index is 13.2. The monoisotopic (exact) mass is 348 g/mol. The Morgan fingerprint density at radius 3 is 3.12 bits per heavy atom. The van der Waals surface area contributed by atoms with E-state index in [9.17, 15) is 9.18 Å². The Morgan fingerprint density at radius 2 is 2.36 bits per heavy atom. The predicted molar refractivity (Wildman–Crippen MR) is 98.2 cm³/mol. The van der Waals surface area contributed by atoms with Gasteiger partial charge in [0.25, 0.3) is 0 Å². The number of carbonyl (C=O) groups is 1. The molecule has 2 aliphatic heterocycles. The van der Waals surface area contributed by atoms with Crippen molar-refractivity contribution < 1.29 is 9.18 Å². The summed E-state index contributed by atoms with van der Waals surface area (Å²) in [7, 11) is 0. The topological polar surface area (TPSA) is 56.4 Å². The average Bonchev–Trinajstić information content (AvgIpc) is 2.99. The molecule has 2 saturated heterocycles. The van der Waals surface area contributed by atoms with Crippen LogP contribution in [0.1, 0.15) is 26.2 Å². The molecule has 1 aromatic carbocycles. The molecule has 2 aliphatic rings. The van der Waals surface area contributed by atoms with Crippen LogP contribution in [0, 0.1) is 17.2 Å². The maximum Gasteiger partial charge on any atom is 0.319 e. The van der Waals surface area contributed by atoms with E-state index >= 15 is 0 Å². The molecule has 2 unspecified atom stereocenters. The number of rotatable bonds is 5. The van der Waals surface area contributed by atoms with Crippen LogP contribution in [0.15, 0.2) is 24.3 Å². The van der Waals surface area contributed by atoms with E-state index in [0.29, 0.717) is 23.6 Å². The van der Waals surface area contributed by atoms with E-state index in [4.69, 9.17) is 0 Å². The number of likely N-dealkylation sites (tertiary alicyclic amines) is 1. The quantitative estimate of drug-likeness (QED) is 0.767. The third-order valence-corrected chi connectivity index (χ3v) is 5.30. The molecule has 0 saturated carbocycles. The molecule has 2 atom stereocenters. The zero-order chi connectivity index (χ0) is 17.7. The van der Waals surface area contributed by atoms with Gasteiger partial charge in [-0.15, -0.1) is 0 Å². The first-order valence-electron chi connectivity index (χ1n) is 9.26. The van der Waals surface area contributed by atoms with Gasteiger partial charge < -0.3 is 20.9 Å². The summed E-state index contributed by atoms with van der Waals surface area (Å²) in [6.07, 6.45) is 3.57. The smallest absolute Gasteiger partial charge is 0.319 e. The number of halogens is 1. The molecule has 0 spiro atoms. The number of hydrogen-bond acceptors (Lipinski definition) is 3. The van der Waals surface area contributed by atoms with E-state index in [1.807, 2.05) is 0 Å². The molecular formula is C19H29FN4O. The molecule has 0 aliphatic carbocycles. The van der Waals surface area contributed by atoms with Crippen molar-refractivity contribution >= 4 is 11.7 Å². The zero-order valence-corrected chi connectivity index (χ0v) is 15.0. The van der Waals surface area contributed by atoms with Crippen molar-refractivity contribution in [3.8, 4) is 0 Å². The van der Waals surface area contributed by atoms with Gasteiger partial charge >= 0.3 is 6.03 Å². The first-order chi connectivity index (χ1) is 12.0. The highest BCUT2D eigenvalue weighted by Gasteiger charge is 2.32. The average molecular weight is 348 g/mol. The van der Waals surface area contributed by atoms with Crippen molar-refractivity contribution in [2.75, 3.05) is 44.6 Å². The fourth-order valence-corrected chi connectivity index (χ4v) is 3.98. The minimum Gasteiger partial charge on any atom is -0.338 e. The lowest BCUT2D eigenvalue weighted by Crippen LogP contribution is -2.46. The Morgan fingerprint density at radius 1 is 1.48 bits per heavy atom. The van der Waals surface area contributed by atoms with Crippen LogP contribution in [0.2, 0.25) is 0 Å². The van der Waals surface area contributed by atoms with E-state index in [1.54, 1.807) is 12.1 Å². The molecule has 0 radical (unpaired) electrons. The fourth-order valence-electron chi connectivity index (χ4n) is 3.98. The van der Waals surface area contributed by atoms with E-state index in [-0.39, 0.29) is 11.8 Å². The van der Waals surface area contributed by atoms with Gasteiger partial charge in [-0.3, -0.25) is 0 Å². The van der Waals surface area contributed by atoms with Crippen molar-refractivity contribution in [1.29, 1.82) is 0 Å². The minimum absolute atomic E-state index is 0.269. The second kappa shape index (κ2) is 8.15. The molecule has 25 heavy (non-hydrogen) atoms. The van der Waals surface area contributed by atoms with Gasteiger partial charge in [0, 0.05) is 31.9 Å². The van der Waals surface area contributed by atoms with Crippen molar-refractivity contribution in [1.82, 2.24) is 15.5 Å². The van der Waals surface area contributed by atoms with E-state index in [0.717, 1.165) is 39.1 Å². The molecule has 0 aromatic heterocycles. The SMILES string of the molecule is CC1(CN2CCCC(CNC(=O)Nc3cccc(F)c3)C2)CCNC1. The molecule has 1 aromatic rings. The van der Waals surface area contributed by atoms with Crippen molar-refractivity contribution in [3.05, 3.63) is 30.1 Å². The summed E-state index contributed by atoms with van der Waals surface area (Å²) in [4.78, 5) is 14.6. The first-order valence-corrected chi connectivity index (χ1v) is 9.26. The number of anilines is 1. The largest absolute Gasteiger partial charge is 0.338 e. The minimum atomic E-state index is -0.351. The number of piperidine rings is 1. The molecule has 2 amide bonds. The Kier molecular flexibility index (Phi) is 5.91. The van der Waals surface area contributed by atoms with Gasteiger partial charge in [0.1, 0.15) is 5.82 Å². The van der Waals surface area contributed by atoms with Gasteiger partial charge in [-0.2, -0.15) is 0 Å². The van der Waals surface area contributed by atoms with Crippen LogP contribution in [0.3, 0.4) is 0 Å². The van der Waals surface area contributed by atoms with Gasteiger partial charge in [0.2, 0.25) is 0 Å². The summed E-state index contributed by atoms with van der Waals surface area (Å²) in [5.74, 6) is 0.126. The Bertz CT molecular complexity index is 589. The summed E-state index contributed by atoms with van der Waals surface area (Å²) in [5.41, 5.74) is 0.855. The highest BCUT2D eigenvalue weighted by atomic mass is 19.1. The van der Waals surface area contributed by atoms with Crippen LogP contribution in [0.4, 0.5) is 14.9 Å². The number of amides is 2. The molecule has 6 heteroatoms. The molecule has 3 N–H and O–H groups in total. The molecule has 2 heterocycles. The number of benzene rings is 1. The molecule has 2 fully saturated rings. The van der Waals surface area contributed by atoms with Gasteiger partial charge in [-0.25, -0.2) is 9.18 Å². The second-order valence-corrected chi connectivity index (χ2v) is 7.83. The summed E-state index contributed by atoms with van der Waals surface area (Å²) in [6.45, 7) is 8.56. The first kappa shape index (κ1) is 18.1. The number of nitrogens with one attached hydrogen (secondary N) is 3. The standard InChI is InChI=1S/C19H29FN4O/c1-19(7-8-21-13-19)14-24-9-3-4-15(12-24)11-22-18(25)23-17-6-2-5-16(20)10-17/h2,5-6,10,15,21H,3-4,7-9,11-14H2,1H3,(H2,22,23,25). The molecular weight excluding hydrogens is 319 g/mol. The van der Waals surface area contributed by atoms with Crippen molar-refractivity contribution in [3.63, 3.8) is 0 Å². The van der Waals surface area contributed by atoms with Gasteiger partial charge in [0.15, 0.2) is 0 Å². The summed E-state index contributed by atoms with van der Waals surface area (Å²) >= 11 is 0. The Balaban J connectivity index is 1.42. The number of carbonyl (C=O) groups excluding carboxylic acids is 1. The lowest BCUT2D eigenvalue weighted by atomic mass is 9.87. The normalized spacial score (nSPS) is 27.2. The van der Waals surface area contributed by atoms with Crippen LogP contribution in [-0.2, 0) is 0 Å². The van der Waals surface area contributed by atoms with Crippen molar-refractivity contribution in [2.24, 2.45) is 11.3 Å². The van der Waals surface area contributed by atoms with Crippen LogP contribution >= 0.6 is 0 Å². The van der Waals surface area contributed by atoms with Crippen LogP contribution in [-0.4, -0.2) is 50.2 Å². The van der Waals surface area contributed by atoms with Crippen LogP contribution in [0.25, 0.3) is 0 Å². The Labute approximate surface area is 149 Å². The fraction of sp³-hybridized carbons (Fsp3) is 0.632. The molecule has 0 bridgehead atoms. The van der Waals surface area contributed by atoms with Gasteiger partial charge in [-0.05, 0) is 61.9 Å². The van der Waals surface area contributed by atoms with Gasteiger partial charge in [-0.1, -0.05) is 13.0 Å². The van der Waals surface area contributed by atoms with Crippen LogP contribution in [0.5, 0.6) is 0 Å². The van der Waals surface area contributed by atoms with E-state index in [2.05, 4.69) is 27.8 Å². The van der Waals surface area contributed by atoms with E-state index in [1.165, 1.54) is 25.0 Å². The third kappa shape index (κ3) is 5.41. The maximum absolute atomic E-state index is 13.2.